The van der Waals surface area contributed by atoms with Gasteiger partial charge in [0.25, 0.3) is 0 Å². The fourth-order valence-electron chi connectivity index (χ4n) is 0.124. The Hall–Kier alpha value is -1.32. The summed E-state index contributed by atoms with van der Waals surface area (Å²) in [7, 11) is 0. The molecule has 0 aliphatic carbocycles. The van der Waals surface area contributed by atoms with Gasteiger partial charge in [0.2, 0.25) is 0 Å². The van der Waals surface area contributed by atoms with Crippen LogP contribution in [0.3, 0.4) is 0 Å². The van der Waals surface area contributed by atoms with E-state index >= 15 is 0 Å². The molecule has 0 spiro atoms. The Balaban J connectivity index is 3.55. The van der Waals surface area contributed by atoms with Crippen LogP contribution in [0.25, 0.3) is 0 Å². The van der Waals surface area contributed by atoms with Crippen molar-refractivity contribution < 1.29 is 19.4 Å². The average Bonchev–Trinajstić information content (AvgIpc) is 1.65. The number of rotatable bonds is 1. The highest BCUT2D eigenvalue weighted by atomic mass is 16.7. The Bertz CT molecular complexity index is 126. The van der Waals surface area contributed by atoms with Gasteiger partial charge in [-0.15, -0.1) is 0 Å². The second-order valence-corrected chi connectivity index (χ2v) is 0.875. The van der Waals surface area contributed by atoms with Crippen LogP contribution in [-0.4, -0.2) is 12.1 Å². The average molecular weight is 115 g/mol. The molecule has 0 unspecified atom stereocenters. The summed E-state index contributed by atoms with van der Waals surface area (Å²) in [6, 6.07) is 0. The second kappa shape index (κ2) is 2.79. The molecule has 0 fully saturated rings. The van der Waals surface area contributed by atoms with Crippen molar-refractivity contribution in [3.8, 4) is 0 Å². The van der Waals surface area contributed by atoms with Gasteiger partial charge in [0, 0.05) is 6.08 Å². The van der Waals surface area contributed by atoms with E-state index in [1.165, 1.54) is 0 Å². The highest BCUT2D eigenvalue weighted by Crippen LogP contribution is 1.78. The zero-order valence-corrected chi connectivity index (χ0v) is 3.92. The topological polar surface area (TPSA) is 63.3 Å². The monoisotopic (exact) mass is 115 g/mol. The van der Waals surface area contributed by atoms with Crippen molar-refractivity contribution in [3.05, 3.63) is 12.7 Å². The molecule has 0 saturated carbocycles. The number of hydrogen-bond acceptors (Lipinski definition) is 3. The Morgan fingerprint density at radius 2 is 2.00 bits per heavy atom. The van der Waals surface area contributed by atoms with E-state index in [0.717, 1.165) is 6.08 Å². The fourth-order valence-corrected chi connectivity index (χ4v) is 0.124. The number of carbonyl (C=O) groups excluding carboxylic acids is 2. The number of carbonyl (C=O) groups is 2. The van der Waals surface area contributed by atoms with Crippen molar-refractivity contribution in [2.75, 3.05) is 0 Å². The maximum absolute atomic E-state index is 9.86. The maximum Gasteiger partial charge on any atom is 0.558 e. The van der Waals surface area contributed by atoms with Gasteiger partial charge in [-0.05, 0) is 0 Å². The Morgan fingerprint density at radius 1 is 1.50 bits per heavy atom. The summed E-state index contributed by atoms with van der Waals surface area (Å²) >= 11 is 0. The van der Waals surface area contributed by atoms with Crippen molar-refractivity contribution in [1.82, 2.24) is 0 Å². The van der Waals surface area contributed by atoms with Crippen LogP contribution in [-0.2, 0) is 14.6 Å². The standard InChI is InChI=1S/C4H3O4/c1-2-3(5)8-4(6)7/h2H,1H2. The summed E-state index contributed by atoms with van der Waals surface area (Å²) in [5.74, 6) is -1.02. The molecular formula is C4H3O4. The van der Waals surface area contributed by atoms with E-state index in [2.05, 4.69) is 11.3 Å². The van der Waals surface area contributed by atoms with Gasteiger partial charge in [-0.1, -0.05) is 6.58 Å². The molecule has 43 valence electrons. The first-order chi connectivity index (χ1) is 3.66. The summed E-state index contributed by atoms with van der Waals surface area (Å²) in [4.78, 5) is 19.2. The third kappa shape index (κ3) is 2.89. The van der Waals surface area contributed by atoms with Crippen LogP contribution in [0.15, 0.2) is 12.7 Å². The van der Waals surface area contributed by atoms with E-state index in [9.17, 15) is 14.7 Å². The van der Waals surface area contributed by atoms with Crippen LogP contribution >= 0.6 is 0 Å². The quantitative estimate of drug-likeness (QED) is 0.280. The molecule has 0 saturated heterocycles. The zero-order valence-electron chi connectivity index (χ0n) is 3.92. The highest BCUT2D eigenvalue weighted by Gasteiger charge is 2.03. The van der Waals surface area contributed by atoms with E-state index in [1.54, 1.807) is 0 Å². The molecule has 0 amide bonds. The lowest BCUT2D eigenvalue weighted by Crippen LogP contribution is -2.04. The van der Waals surface area contributed by atoms with E-state index in [4.69, 9.17) is 0 Å². The van der Waals surface area contributed by atoms with Crippen LogP contribution in [0.4, 0.5) is 4.79 Å². The van der Waals surface area contributed by atoms with E-state index in [-0.39, 0.29) is 0 Å². The molecule has 0 N–H and O–H groups in total. The molecule has 0 aromatic heterocycles. The largest absolute Gasteiger partial charge is 0.558 e. The molecule has 0 aromatic carbocycles. The van der Waals surface area contributed by atoms with Crippen LogP contribution < -0.4 is 0 Å². The zero-order chi connectivity index (χ0) is 6.57. The van der Waals surface area contributed by atoms with Gasteiger partial charge in [0.1, 0.15) is 0 Å². The summed E-state index contributed by atoms with van der Waals surface area (Å²) in [5, 5.41) is 9.37. The highest BCUT2D eigenvalue weighted by molar-refractivity contribution is 5.88. The molecule has 4 heteroatoms. The molecule has 0 aromatic rings. The molecule has 0 aliphatic rings. The molecule has 0 aliphatic heterocycles. The molecular weight excluding hydrogens is 112 g/mol. The van der Waals surface area contributed by atoms with Crippen molar-refractivity contribution in [2.45, 2.75) is 0 Å². The molecule has 0 rings (SSSR count). The summed E-state index contributed by atoms with van der Waals surface area (Å²) in [6.45, 7) is 2.95. The van der Waals surface area contributed by atoms with Crippen molar-refractivity contribution in [2.24, 2.45) is 0 Å². The minimum absolute atomic E-state index is 0.732. The van der Waals surface area contributed by atoms with Crippen LogP contribution in [0.2, 0.25) is 0 Å². The summed E-state index contributed by atoms with van der Waals surface area (Å²) in [5.41, 5.74) is 0. The lowest BCUT2D eigenvalue weighted by molar-refractivity contribution is -0.134. The smallest absolute Gasteiger partial charge is 0.354 e. The van der Waals surface area contributed by atoms with E-state index in [1.807, 2.05) is 0 Å². The molecule has 1 radical (unpaired) electrons. The maximum atomic E-state index is 9.86. The third-order valence-electron chi connectivity index (χ3n) is 0.351. The van der Waals surface area contributed by atoms with Gasteiger partial charge < -0.3 is 4.74 Å². The summed E-state index contributed by atoms with van der Waals surface area (Å²) in [6.07, 6.45) is -1.13. The van der Waals surface area contributed by atoms with Crippen molar-refractivity contribution in [1.29, 1.82) is 0 Å². The first-order valence-electron chi connectivity index (χ1n) is 1.72. The number of ether oxygens (including phenoxy) is 1. The third-order valence-corrected chi connectivity index (χ3v) is 0.351. The van der Waals surface area contributed by atoms with Gasteiger partial charge in [-0.3, -0.25) is 0 Å². The molecule has 4 nitrogen and oxygen atoms in total. The Kier molecular flexibility index (Phi) is 2.33. The lowest BCUT2D eigenvalue weighted by Gasteiger charge is -1.84. The lowest BCUT2D eigenvalue weighted by atomic mass is 10.7. The predicted octanol–water partition coefficient (Wildman–Crippen LogP) is 0.266. The van der Waals surface area contributed by atoms with Gasteiger partial charge in [-0.25, -0.2) is 4.79 Å². The first kappa shape index (κ1) is 6.68. The van der Waals surface area contributed by atoms with Crippen molar-refractivity contribution >= 4 is 12.1 Å². The normalized spacial score (nSPS) is 7.50. The van der Waals surface area contributed by atoms with Crippen LogP contribution in [0.1, 0.15) is 0 Å². The van der Waals surface area contributed by atoms with Crippen molar-refractivity contribution in [3.63, 3.8) is 0 Å². The molecule has 8 heavy (non-hydrogen) atoms. The van der Waals surface area contributed by atoms with Gasteiger partial charge in [0.15, 0.2) is 0 Å². The minimum Gasteiger partial charge on any atom is -0.354 e. The first-order valence-corrected chi connectivity index (χ1v) is 1.72. The van der Waals surface area contributed by atoms with Crippen LogP contribution in [0, 0.1) is 0 Å². The fraction of sp³-hybridized carbons (Fsp3) is 0. The van der Waals surface area contributed by atoms with E-state index < -0.39 is 12.1 Å². The Morgan fingerprint density at radius 3 is 2.12 bits per heavy atom. The predicted molar refractivity (Wildman–Crippen MR) is 22.4 cm³/mol. The molecule has 0 atom stereocenters. The molecule has 0 heterocycles. The van der Waals surface area contributed by atoms with Gasteiger partial charge in [0.05, 0.1) is 0 Å². The SMILES string of the molecule is C=CC(=O)OC([O])=O. The van der Waals surface area contributed by atoms with Gasteiger partial charge >= 0.3 is 12.1 Å². The number of hydrogen-bond donors (Lipinski definition) is 0. The molecule has 0 bridgehead atoms. The van der Waals surface area contributed by atoms with Crippen LogP contribution in [0.5, 0.6) is 0 Å². The second-order valence-electron chi connectivity index (χ2n) is 0.875. The summed E-state index contributed by atoms with van der Waals surface area (Å²) < 4.78 is 3.45. The number of esters is 1. The Labute approximate surface area is 45.4 Å². The minimum atomic E-state index is -1.87. The van der Waals surface area contributed by atoms with E-state index in [0.29, 0.717) is 0 Å². The van der Waals surface area contributed by atoms with Gasteiger partial charge in [-0.2, -0.15) is 9.90 Å².